The van der Waals surface area contributed by atoms with Crippen LogP contribution < -0.4 is 16.4 Å². The van der Waals surface area contributed by atoms with Crippen LogP contribution >= 0.6 is 0 Å². The maximum absolute atomic E-state index is 12.4. The van der Waals surface area contributed by atoms with Crippen molar-refractivity contribution in [1.82, 2.24) is 10.3 Å². The van der Waals surface area contributed by atoms with Gasteiger partial charge in [0, 0.05) is 37.0 Å². The zero-order chi connectivity index (χ0) is 24.2. The number of unbranched alkanes of at least 4 members (excludes halogenated alkanes) is 2. The maximum atomic E-state index is 12.4. The normalized spacial score (nSPS) is 10.7. The number of nitrogen functional groups attached to an aromatic ring is 1. The molecule has 0 radical (unpaired) electrons. The molecular weight excluding hydrogens is 434 g/mol. The summed E-state index contributed by atoms with van der Waals surface area (Å²) < 4.78 is 5.64. The Balaban J connectivity index is 1.25. The number of nitro benzene ring substituents is 1. The number of rotatable bonds is 13. The Morgan fingerprint density at radius 1 is 1.00 bits per heavy atom. The van der Waals surface area contributed by atoms with E-state index in [4.69, 9.17) is 10.5 Å². The number of benzene rings is 2. The Morgan fingerprint density at radius 3 is 2.44 bits per heavy atom. The van der Waals surface area contributed by atoms with Crippen LogP contribution in [-0.2, 0) is 17.9 Å². The molecule has 4 N–H and O–H groups in total. The summed E-state index contributed by atoms with van der Waals surface area (Å²) in [6.07, 6.45) is 4.61. The topological polar surface area (TPSA) is 132 Å². The Morgan fingerprint density at radius 2 is 1.74 bits per heavy atom. The van der Waals surface area contributed by atoms with Gasteiger partial charge in [0.25, 0.3) is 11.6 Å². The summed E-state index contributed by atoms with van der Waals surface area (Å²) in [5.74, 6) is 0.0581. The molecule has 0 saturated carbocycles. The van der Waals surface area contributed by atoms with Crippen molar-refractivity contribution in [2.24, 2.45) is 0 Å². The number of nitro groups is 1. The maximum Gasteiger partial charge on any atom is 0.269 e. The number of hydrogen-bond donors (Lipinski definition) is 3. The van der Waals surface area contributed by atoms with E-state index in [2.05, 4.69) is 15.6 Å². The second kappa shape index (κ2) is 13.0. The molecule has 0 unspecified atom stereocenters. The molecule has 1 aromatic heterocycles. The second-order valence-corrected chi connectivity index (χ2v) is 7.80. The summed E-state index contributed by atoms with van der Waals surface area (Å²) in [4.78, 5) is 26.6. The summed E-state index contributed by atoms with van der Waals surface area (Å²) in [6, 6.07) is 17.3. The number of aromatic nitrogens is 1. The largest absolute Gasteiger partial charge is 0.382 e. The van der Waals surface area contributed by atoms with E-state index in [-0.39, 0.29) is 17.4 Å². The Kier molecular flexibility index (Phi) is 9.51. The molecular formula is C25H29N5O4. The lowest BCUT2D eigenvalue weighted by atomic mass is 10.1. The zero-order valence-electron chi connectivity index (χ0n) is 18.9. The number of anilines is 2. The van der Waals surface area contributed by atoms with Gasteiger partial charge in [0.05, 0.1) is 17.2 Å². The first-order valence-corrected chi connectivity index (χ1v) is 11.2. The lowest BCUT2D eigenvalue weighted by Crippen LogP contribution is -2.16. The van der Waals surface area contributed by atoms with E-state index < -0.39 is 4.92 Å². The molecule has 178 valence electrons. The average Bonchev–Trinajstić information content (AvgIpc) is 2.85. The van der Waals surface area contributed by atoms with Gasteiger partial charge in [-0.05, 0) is 73.3 Å². The minimum Gasteiger partial charge on any atom is -0.382 e. The molecule has 0 spiro atoms. The molecule has 9 heteroatoms. The summed E-state index contributed by atoms with van der Waals surface area (Å²) in [5, 5.41) is 16.8. The molecule has 0 bridgehead atoms. The summed E-state index contributed by atoms with van der Waals surface area (Å²) in [6.45, 7) is 2.74. The van der Waals surface area contributed by atoms with Crippen LogP contribution in [0.1, 0.15) is 40.7 Å². The molecule has 0 aliphatic carbocycles. The third-order valence-corrected chi connectivity index (χ3v) is 5.19. The minimum atomic E-state index is -0.408. The van der Waals surface area contributed by atoms with Crippen molar-refractivity contribution in [2.75, 3.05) is 24.2 Å². The Bertz CT molecular complexity index is 1070. The molecule has 0 fully saturated rings. The van der Waals surface area contributed by atoms with Gasteiger partial charge in [0.1, 0.15) is 5.82 Å². The van der Waals surface area contributed by atoms with Gasteiger partial charge in [0.2, 0.25) is 0 Å². The third-order valence-electron chi connectivity index (χ3n) is 5.19. The summed E-state index contributed by atoms with van der Waals surface area (Å²) in [7, 11) is 0. The van der Waals surface area contributed by atoms with Gasteiger partial charge in [-0.25, -0.2) is 4.98 Å². The van der Waals surface area contributed by atoms with Crippen LogP contribution in [0.3, 0.4) is 0 Å². The highest BCUT2D eigenvalue weighted by Gasteiger charge is 2.08. The van der Waals surface area contributed by atoms with Gasteiger partial charge in [-0.1, -0.05) is 12.1 Å². The fourth-order valence-corrected chi connectivity index (χ4v) is 3.26. The highest BCUT2D eigenvalue weighted by atomic mass is 16.6. The van der Waals surface area contributed by atoms with E-state index in [1.165, 1.54) is 12.1 Å². The molecule has 3 aromatic rings. The monoisotopic (exact) mass is 463 g/mol. The number of nitrogens with one attached hydrogen (secondary N) is 2. The first-order chi connectivity index (χ1) is 16.5. The minimum absolute atomic E-state index is 0.0872. The molecule has 0 atom stereocenters. The van der Waals surface area contributed by atoms with Gasteiger partial charge >= 0.3 is 0 Å². The van der Waals surface area contributed by atoms with E-state index in [0.29, 0.717) is 24.5 Å². The van der Waals surface area contributed by atoms with Crippen LogP contribution in [0.15, 0.2) is 66.9 Å². The molecule has 3 rings (SSSR count). The van der Waals surface area contributed by atoms with E-state index in [0.717, 1.165) is 43.5 Å². The van der Waals surface area contributed by atoms with Crippen molar-refractivity contribution in [3.63, 3.8) is 0 Å². The number of pyridine rings is 1. The number of non-ortho nitro benzene ring substituents is 1. The zero-order valence-corrected chi connectivity index (χ0v) is 18.9. The average molecular weight is 464 g/mol. The molecule has 34 heavy (non-hydrogen) atoms. The number of nitrogens with zero attached hydrogens (tertiary/aromatic N) is 2. The van der Waals surface area contributed by atoms with Crippen LogP contribution in [-0.4, -0.2) is 29.0 Å². The molecule has 0 aliphatic rings. The van der Waals surface area contributed by atoms with Crippen molar-refractivity contribution < 1.29 is 14.5 Å². The Hall–Kier alpha value is -3.82. The van der Waals surface area contributed by atoms with Crippen molar-refractivity contribution >= 4 is 23.1 Å². The lowest BCUT2D eigenvalue weighted by Gasteiger charge is -2.09. The Labute approximate surface area is 198 Å². The van der Waals surface area contributed by atoms with Crippen molar-refractivity contribution in [2.45, 2.75) is 32.4 Å². The predicted octanol–water partition coefficient (Wildman–Crippen LogP) is 4.30. The van der Waals surface area contributed by atoms with Crippen LogP contribution in [0.25, 0.3) is 0 Å². The van der Waals surface area contributed by atoms with Crippen molar-refractivity contribution in [3.8, 4) is 0 Å². The van der Waals surface area contributed by atoms with E-state index in [9.17, 15) is 14.9 Å². The smallest absolute Gasteiger partial charge is 0.269 e. The molecule has 9 nitrogen and oxygen atoms in total. The highest BCUT2D eigenvalue weighted by molar-refractivity contribution is 6.05. The fraction of sp³-hybridized carbons (Fsp3) is 0.280. The van der Waals surface area contributed by atoms with Crippen molar-refractivity contribution in [3.05, 3.63) is 93.7 Å². The van der Waals surface area contributed by atoms with E-state index in [1.54, 1.807) is 42.6 Å². The summed E-state index contributed by atoms with van der Waals surface area (Å²) >= 11 is 0. The number of nitrogens with two attached hydrogens (primary N) is 1. The van der Waals surface area contributed by atoms with E-state index in [1.807, 2.05) is 12.1 Å². The molecule has 1 amide bonds. The number of ether oxygens (including phenoxy) is 1. The number of carbonyl (C=O) groups is 1. The molecule has 2 aromatic carbocycles. The number of hydrogen-bond acceptors (Lipinski definition) is 7. The van der Waals surface area contributed by atoms with Crippen LogP contribution in [0.2, 0.25) is 0 Å². The summed E-state index contributed by atoms with van der Waals surface area (Å²) in [5.41, 5.74) is 8.93. The van der Waals surface area contributed by atoms with Gasteiger partial charge in [-0.15, -0.1) is 0 Å². The standard InChI is InChI=1S/C25H29N5O4/c26-24-23(5-4-15-28-24)29-25(31)21-10-6-19(7-11-21)17-27-14-2-1-3-16-34-18-20-8-12-22(13-9-20)30(32)33/h4-13,15,27H,1-3,14,16-18H2,(H2,26,28)(H,29,31). The third kappa shape index (κ3) is 7.95. The molecule has 0 aliphatic heterocycles. The van der Waals surface area contributed by atoms with Crippen LogP contribution in [0.5, 0.6) is 0 Å². The highest BCUT2D eigenvalue weighted by Crippen LogP contribution is 2.16. The molecule has 0 saturated heterocycles. The quantitative estimate of drug-likeness (QED) is 0.195. The predicted molar refractivity (Wildman–Crippen MR) is 131 cm³/mol. The SMILES string of the molecule is Nc1ncccc1NC(=O)c1ccc(CNCCCCCOCc2ccc([N+](=O)[O-])cc2)cc1. The van der Waals surface area contributed by atoms with Crippen LogP contribution in [0.4, 0.5) is 17.2 Å². The lowest BCUT2D eigenvalue weighted by molar-refractivity contribution is -0.384. The number of carbonyl (C=O) groups excluding carboxylic acids is 1. The van der Waals surface area contributed by atoms with E-state index >= 15 is 0 Å². The number of amides is 1. The fourth-order valence-electron chi connectivity index (χ4n) is 3.26. The first kappa shape index (κ1) is 24.8. The van der Waals surface area contributed by atoms with Crippen LogP contribution in [0, 0.1) is 10.1 Å². The second-order valence-electron chi connectivity index (χ2n) is 7.80. The first-order valence-electron chi connectivity index (χ1n) is 11.2. The van der Waals surface area contributed by atoms with Crippen molar-refractivity contribution in [1.29, 1.82) is 0 Å². The molecule has 1 heterocycles. The van der Waals surface area contributed by atoms with Gasteiger partial charge in [0.15, 0.2) is 0 Å². The van der Waals surface area contributed by atoms with Gasteiger partial charge in [-0.3, -0.25) is 14.9 Å². The van der Waals surface area contributed by atoms with Gasteiger partial charge < -0.3 is 21.1 Å². The van der Waals surface area contributed by atoms with Gasteiger partial charge in [-0.2, -0.15) is 0 Å².